The maximum Gasteiger partial charge on any atom is 0.223 e. The van der Waals surface area contributed by atoms with E-state index < -0.39 is 0 Å². The minimum Gasteiger partial charge on any atom is -0.491 e. The highest BCUT2D eigenvalue weighted by Crippen LogP contribution is 2.33. The summed E-state index contributed by atoms with van der Waals surface area (Å²) in [5.74, 6) is 0.513. The van der Waals surface area contributed by atoms with Crippen LogP contribution in [0.15, 0.2) is 58.5 Å². The lowest BCUT2D eigenvalue weighted by Gasteiger charge is -2.11. The summed E-state index contributed by atoms with van der Waals surface area (Å²) >= 11 is 0. The van der Waals surface area contributed by atoms with Crippen LogP contribution in [0.4, 0.5) is 5.69 Å². The van der Waals surface area contributed by atoms with Gasteiger partial charge in [0.05, 0.1) is 6.61 Å². The summed E-state index contributed by atoms with van der Waals surface area (Å²) in [7, 11) is 0. The molecule has 6 nitrogen and oxygen atoms in total. The van der Waals surface area contributed by atoms with Crippen molar-refractivity contribution in [3.8, 4) is 16.9 Å². The summed E-state index contributed by atoms with van der Waals surface area (Å²) < 4.78 is 5.86. The van der Waals surface area contributed by atoms with Crippen molar-refractivity contribution >= 4 is 17.6 Å². The van der Waals surface area contributed by atoms with Gasteiger partial charge in [-0.1, -0.05) is 56.2 Å². The monoisotopic (exact) mass is 339 g/mol. The molecule has 0 heterocycles. The lowest BCUT2D eigenvalue weighted by Crippen LogP contribution is -2.26. The lowest BCUT2D eigenvalue weighted by molar-refractivity contribution is 0.307. The largest absolute Gasteiger partial charge is 0.491 e. The average Bonchev–Trinajstić information content (AvgIpc) is 2.59. The second-order valence-electron chi connectivity index (χ2n) is 5.61. The molecule has 6 N–H and O–H groups in total. The van der Waals surface area contributed by atoms with Gasteiger partial charge in [-0.2, -0.15) is 4.99 Å². The number of benzene rings is 2. The predicted octanol–water partition coefficient (Wildman–Crippen LogP) is 3.14. The zero-order valence-corrected chi connectivity index (χ0v) is 14.5. The first-order valence-electron chi connectivity index (χ1n) is 8.36. The van der Waals surface area contributed by atoms with E-state index >= 15 is 0 Å². The summed E-state index contributed by atoms with van der Waals surface area (Å²) in [6, 6.07) is 15.8. The fraction of sp³-hybridized carbons (Fsp3) is 0.263. The van der Waals surface area contributed by atoms with Gasteiger partial charge in [0.2, 0.25) is 5.96 Å². The molecule has 0 fully saturated rings. The van der Waals surface area contributed by atoms with Gasteiger partial charge in [-0.25, -0.2) is 4.99 Å². The SMILES string of the molecule is CCCCCOc1ccc(-c2ccccc2)cc1N=C(N)N=C(N)N. The van der Waals surface area contributed by atoms with Crippen molar-refractivity contribution < 1.29 is 4.74 Å². The molecule has 0 atom stereocenters. The smallest absolute Gasteiger partial charge is 0.223 e. The Labute approximate surface area is 148 Å². The number of rotatable bonds is 7. The molecule has 0 aliphatic carbocycles. The highest BCUT2D eigenvalue weighted by Gasteiger charge is 2.07. The molecule has 2 aromatic rings. The first kappa shape index (κ1) is 18.3. The van der Waals surface area contributed by atoms with Crippen LogP contribution in [0.2, 0.25) is 0 Å². The van der Waals surface area contributed by atoms with Gasteiger partial charge >= 0.3 is 0 Å². The average molecular weight is 339 g/mol. The molecule has 0 aliphatic rings. The van der Waals surface area contributed by atoms with Crippen LogP contribution in [-0.4, -0.2) is 18.5 Å². The summed E-state index contributed by atoms with van der Waals surface area (Å²) in [5.41, 5.74) is 19.2. The number of nitrogens with two attached hydrogens (primary N) is 3. The minimum absolute atomic E-state index is 0.0105. The Morgan fingerprint density at radius 1 is 0.960 bits per heavy atom. The van der Waals surface area contributed by atoms with E-state index in [2.05, 4.69) is 16.9 Å². The molecule has 0 bridgehead atoms. The van der Waals surface area contributed by atoms with Crippen LogP contribution >= 0.6 is 0 Å². The summed E-state index contributed by atoms with van der Waals surface area (Å²) in [4.78, 5) is 8.08. The van der Waals surface area contributed by atoms with E-state index in [0.29, 0.717) is 18.0 Å². The minimum atomic E-state index is -0.133. The fourth-order valence-electron chi connectivity index (χ4n) is 2.35. The molecule has 2 aromatic carbocycles. The number of hydrogen-bond acceptors (Lipinski definition) is 2. The Hall–Kier alpha value is -3.02. The van der Waals surface area contributed by atoms with Crippen molar-refractivity contribution in [1.82, 2.24) is 0 Å². The van der Waals surface area contributed by atoms with Crippen LogP contribution < -0.4 is 21.9 Å². The molecular formula is C19H25N5O. The van der Waals surface area contributed by atoms with Crippen LogP contribution in [-0.2, 0) is 0 Å². The van der Waals surface area contributed by atoms with Gasteiger partial charge in [0.25, 0.3) is 0 Å². The van der Waals surface area contributed by atoms with Crippen molar-refractivity contribution in [3.05, 3.63) is 48.5 Å². The molecule has 0 radical (unpaired) electrons. The van der Waals surface area contributed by atoms with Crippen molar-refractivity contribution in [2.75, 3.05) is 6.61 Å². The molecule has 6 heteroatoms. The molecule has 0 aliphatic heterocycles. The molecule has 0 unspecified atom stereocenters. The van der Waals surface area contributed by atoms with E-state index in [4.69, 9.17) is 21.9 Å². The highest BCUT2D eigenvalue weighted by molar-refractivity contribution is 5.94. The molecule has 2 rings (SSSR count). The van der Waals surface area contributed by atoms with Crippen molar-refractivity contribution in [1.29, 1.82) is 0 Å². The van der Waals surface area contributed by atoms with Gasteiger partial charge in [-0.3, -0.25) is 0 Å². The third-order valence-electron chi connectivity index (χ3n) is 3.55. The fourth-order valence-corrected chi connectivity index (χ4v) is 2.35. The lowest BCUT2D eigenvalue weighted by atomic mass is 10.0. The Balaban J connectivity index is 2.33. The third-order valence-corrected chi connectivity index (χ3v) is 3.55. The maximum atomic E-state index is 5.86. The molecule has 0 aromatic heterocycles. The quantitative estimate of drug-likeness (QED) is 0.408. The van der Waals surface area contributed by atoms with Crippen LogP contribution in [0.1, 0.15) is 26.2 Å². The zero-order chi connectivity index (χ0) is 18.1. The van der Waals surface area contributed by atoms with Crippen LogP contribution in [0, 0.1) is 0 Å². The van der Waals surface area contributed by atoms with Crippen LogP contribution in [0.5, 0.6) is 5.75 Å². The summed E-state index contributed by atoms with van der Waals surface area (Å²) in [5, 5.41) is 0. The number of hydrogen-bond donors (Lipinski definition) is 3. The number of ether oxygens (including phenoxy) is 1. The number of unbranched alkanes of at least 4 members (excludes halogenated alkanes) is 2. The van der Waals surface area contributed by atoms with Crippen molar-refractivity contribution in [2.24, 2.45) is 27.2 Å². The van der Waals surface area contributed by atoms with Crippen molar-refractivity contribution in [3.63, 3.8) is 0 Å². The third kappa shape index (κ3) is 5.84. The van der Waals surface area contributed by atoms with Gasteiger partial charge in [0.1, 0.15) is 11.4 Å². The second kappa shape index (κ2) is 9.32. The highest BCUT2D eigenvalue weighted by atomic mass is 16.5. The molecule has 0 saturated carbocycles. The van der Waals surface area contributed by atoms with Gasteiger partial charge in [0.15, 0.2) is 5.96 Å². The van der Waals surface area contributed by atoms with Gasteiger partial charge in [0, 0.05) is 0 Å². The van der Waals surface area contributed by atoms with E-state index in [9.17, 15) is 0 Å². The van der Waals surface area contributed by atoms with Gasteiger partial charge < -0.3 is 21.9 Å². The Kier molecular flexibility index (Phi) is 6.83. The van der Waals surface area contributed by atoms with Gasteiger partial charge in [-0.05, 0) is 29.7 Å². The normalized spacial score (nSPS) is 11.2. The Morgan fingerprint density at radius 3 is 2.40 bits per heavy atom. The summed E-state index contributed by atoms with van der Waals surface area (Å²) in [6.45, 7) is 2.78. The topological polar surface area (TPSA) is 112 Å². The van der Waals surface area contributed by atoms with E-state index in [0.717, 1.165) is 30.4 Å². The number of nitrogens with zero attached hydrogens (tertiary/aromatic N) is 2. The maximum absolute atomic E-state index is 5.86. The standard InChI is InChI=1S/C19H25N5O/c1-2-3-7-12-25-17-11-10-15(14-8-5-4-6-9-14)13-16(17)23-19(22)24-18(20)21/h4-6,8-11,13H,2-3,7,12H2,1H3,(H6,20,21,22,23,24). The Bertz CT molecular complexity index is 737. The molecule has 25 heavy (non-hydrogen) atoms. The molecule has 0 spiro atoms. The van der Waals surface area contributed by atoms with Gasteiger partial charge in [-0.15, -0.1) is 0 Å². The van der Waals surface area contributed by atoms with E-state index in [1.807, 2.05) is 48.5 Å². The van der Waals surface area contributed by atoms with Crippen molar-refractivity contribution in [2.45, 2.75) is 26.2 Å². The number of guanidine groups is 2. The first-order chi connectivity index (χ1) is 12.1. The first-order valence-corrected chi connectivity index (χ1v) is 8.36. The molecule has 132 valence electrons. The Morgan fingerprint density at radius 2 is 1.72 bits per heavy atom. The van der Waals surface area contributed by atoms with Crippen LogP contribution in [0.3, 0.4) is 0 Å². The zero-order valence-electron chi connectivity index (χ0n) is 14.5. The van der Waals surface area contributed by atoms with E-state index in [1.54, 1.807) is 0 Å². The summed E-state index contributed by atoms with van der Waals surface area (Å²) in [6.07, 6.45) is 3.25. The van der Waals surface area contributed by atoms with E-state index in [1.165, 1.54) is 0 Å². The van der Waals surface area contributed by atoms with Crippen LogP contribution in [0.25, 0.3) is 11.1 Å². The second-order valence-corrected chi connectivity index (χ2v) is 5.61. The molecule has 0 saturated heterocycles. The molecular weight excluding hydrogens is 314 g/mol. The number of aliphatic imine (C=N–C) groups is 2. The molecule has 0 amide bonds. The predicted molar refractivity (Wildman–Crippen MR) is 104 cm³/mol. The van der Waals surface area contributed by atoms with E-state index in [-0.39, 0.29) is 11.9 Å².